The number of methoxy groups -OCH3 is 1. The molecule has 1 aliphatic rings. The monoisotopic (exact) mass is 421 g/mol. The molecule has 0 radical (unpaired) electrons. The summed E-state index contributed by atoms with van der Waals surface area (Å²) in [7, 11) is 1.66. The Labute approximate surface area is 183 Å². The van der Waals surface area contributed by atoms with Crippen molar-refractivity contribution in [3.63, 3.8) is 0 Å². The Bertz CT molecular complexity index is 968. The van der Waals surface area contributed by atoms with Crippen LogP contribution in [0.25, 0.3) is 11.0 Å². The largest absolute Gasteiger partial charge is 0.497 e. The lowest BCUT2D eigenvalue weighted by Gasteiger charge is -2.27. The van der Waals surface area contributed by atoms with Gasteiger partial charge in [0.1, 0.15) is 5.75 Å². The first kappa shape index (κ1) is 21.2. The van der Waals surface area contributed by atoms with Crippen molar-refractivity contribution in [2.75, 3.05) is 44.7 Å². The third-order valence-corrected chi connectivity index (χ3v) is 6.01. The van der Waals surface area contributed by atoms with E-state index in [1.807, 2.05) is 55.5 Å². The molecule has 1 aliphatic heterocycles. The number of rotatable bonds is 7. The molecule has 1 saturated heterocycles. The number of nitrogens with zero attached hydrogens (tertiary/aromatic N) is 3. The average Bonchev–Trinajstić information content (AvgIpc) is 3.08. The Balaban J connectivity index is 1.27. The first-order valence-corrected chi connectivity index (χ1v) is 11.0. The molecule has 3 aromatic rings. The molecule has 1 atom stereocenters. The average molecular weight is 422 g/mol. The Kier molecular flexibility index (Phi) is 6.72. The van der Waals surface area contributed by atoms with Gasteiger partial charge in [-0.25, -0.2) is 4.98 Å². The molecule has 7 nitrogen and oxygen atoms in total. The van der Waals surface area contributed by atoms with Crippen LogP contribution in [-0.4, -0.2) is 66.7 Å². The second kappa shape index (κ2) is 9.83. The van der Waals surface area contributed by atoms with Gasteiger partial charge in [0, 0.05) is 32.7 Å². The number of carbonyl (C=O) groups is 1. The number of nitrogens with one attached hydrogen (secondary N) is 2. The second-order valence-corrected chi connectivity index (χ2v) is 8.02. The molecule has 0 aliphatic carbocycles. The van der Waals surface area contributed by atoms with Crippen molar-refractivity contribution in [1.82, 2.24) is 20.2 Å². The summed E-state index contributed by atoms with van der Waals surface area (Å²) in [5, 5.41) is 3.09. The molecule has 2 heterocycles. The molecule has 2 aromatic carbocycles. The summed E-state index contributed by atoms with van der Waals surface area (Å²) in [6.07, 6.45) is 1.81. The lowest BCUT2D eigenvalue weighted by Crippen LogP contribution is -2.47. The predicted molar refractivity (Wildman–Crippen MR) is 124 cm³/mol. The Morgan fingerprint density at radius 2 is 1.94 bits per heavy atom. The van der Waals surface area contributed by atoms with E-state index in [0.29, 0.717) is 6.54 Å². The van der Waals surface area contributed by atoms with Gasteiger partial charge in [0.25, 0.3) is 0 Å². The van der Waals surface area contributed by atoms with Crippen LogP contribution in [0.3, 0.4) is 0 Å². The maximum atomic E-state index is 12.7. The molecule has 1 aromatic heterocycles. The molecular formula is C24H31N5O2. The van der Waals surface area contributed by atoms with E-state index < -0.39 is 0 Å². The molecule has 4 rings (SSSR count). The number of carbonyl (C=O) groups excluding carboxylic acids is 1. The number of imidazole rings is 1. The minimum absolute atomic E-state index is 0.0886. The molecule has 2 N–H and O–H groups in total. The minimum atomic E-state index is -0.147. The Hall–Kier alpha value is -3.06. The summed E-state index contributed by atoms with van der Waals surface area (Å²) < 4.78 is 5.19. The van der Waals surface area contributed by atoms with Gasteiger partial charge in [-0.2, -0.15) is 0 Å². The molecule has 7 heteroatoms. The lowest BCUT2D eigenvalue weighted by atomic mass is 10.1. The number of aromatic amines is 1. The number of fused-ring (bicyclic) bond motifs is 1. The second-order valence-electron chi connectivity index (χ2n) is 8.02. The SMILES string of the molecule is COc1ccc(CCNC(=O)C(C)N2CCCN(c3nc4ccccc4[nH]3)CC2)cc1. The number of ether oxygens (including phenoxy) is 1. The fourth-order valence-electron chi connectivity index (χ4n) is 4.06. The van der Waals surface area contributed by atoms with Crippen molar-refractivity contribution in [2.24, 2.45) is 0 Å². The number of aromatic nitrogens is 2. The highest BCUT2D eigenvalue weighted by molar-refractivity contribution is 5.81. The summed E-state index contributed by atoms with van der Waals surface area (Å²) in [6, 6.07) is 15.9. The summed E-state index contributed by atoms with van der Waals surface area (Å²) >= 11 is 0. The summed E-state index contributed by atoms with van der Waals surface area (Å²) in [4.78, 5) is 25.4. The van der Waals surface area contributed by atoms with Crippen LogP contribution in [0.15, 0.2) is 48.5 Å². The zero-order valence-electron chi connectivity index (χ0n) is 18.3. The van der Waals surface area contributed by atoms with Gasteiger partial charge in [-0.05, 0) is 49.6 Å². The van der Waals surface area contributed by atoms with Gasteiger partial charge in [0.2, 0.25) is 11.9 Å². The van der Waals surface area contributed by atoms with E-state index in [9.17, 15) is 4.79 Å². The zero-order chi connectivity index (χ0) is 21.6. The minimum Gasteiger partial charge on any atom is -0.497 e. The van der Waals surface area contributed by atoms with Crippen LogP contribution in [0.2, 0.25) is 0 Å². The van der Waals surface area contributed by atoms with Crippen LogP contribution < -0.4 is 15.0 Å². The van der Waals surface area contributed by atoms with Gasteiger partial charge in [-0.15, -0.1) is 0 Å². The van der Waals surface area contributed by atoms with Crippen molar-refractivity contribution in [1.29, 1.82) is 0 Å². The van der Waals surface area contributed by atoms with Crippen LogP contribution in [0.5, 0.6) is 5.75 Å². The first-order chi connectivity index (χ1) is 15.1. The van der Waals surface area contributed by atoms with Crippen molar-refractivity contribution in [3.8, 4) is 5.75 Å². The fraction of sp³-hybridized carbons (Fsp3) is 0.417. The van der Waals surface area contributed by atoms with Gasteiger partial charge in [-0.3, -0.25) is 9.69 Å². The molecule has 0 spiro atoms. The smallest absolute Gasteiger partial charge is 0.237 e. The van der Waals surface area contributed by atoms with Gasteiger partial charge in [0.15, 0.2) is 0 Å². The van der Waals surface area contributed by atoms with E-state index in [0.717, 1.165) is 61.8 Å². The van der Waals surface area contributed by atoms with Gasteiger partial charge in [0.05, 0.1) is 24.2 Å². The van der Waals surface area contributed by atoms with Crippen LogP contribution >= 0.6 is 0 Å². The van der Waals surface area contributed by atoms with Crippen molar-refractivity contribution in [2.45, 2.75) is 25.8 Å². The number of anilines is 1. The van der Waals surface area contributed by atoms with E-state index in [1.54, 1.807) is 7.11 Å². The Morgan fingerprint density at radius 3 is 2.71 bits per heavy atom. The number of benzene rings is 2. The summed E-state index contributed by atoms with van der Waals surface area (Å²) in [6.45, 7) is 6.16. The topological polar surface area (TPSA) is 73.5 Å². The quantitative estimate of drug-likeness (QED) is 0.614. The maximum Gasteiger partial charge on any atom is 0.237 e. The molecule has 0 saturated carbocycles. The maximum absolute atomic E-state index is 12.7. The normalized spacial score (nSPS) is 16.1. The molecule has 0 bridgehead atoms. The molecule has 164 valence electrons. The highest BCUT2D eigenvalue weighted by atomic mass is 16.5. The van der Waals surface area contributed by atoms with Crippen LogP contribution in [0, 0.1) is 0 Å². The summed E-state index contributed by atoms with van der Waals surface area (Å²) in [5.41, 5.74) is 3.23. The first-order valence-electron chi connectivity index (χ1n) is 11.0. The number of para-hydroxylation sites is 2. The molecule has 1 fully saturated rings. The number of amides is 1. The van der Waals surface area contributed by atoms with E-state index in [4.69, 9.17) is 9.72 Å². The molecular weight excluding hydrogens is 390 g/mol. The van der Waals surface area contributed by atoms with Crippen LogP contribution in [0.4, 0.5) is 5.95 Å². The fourth-order valence-corrected chi connectivity index (χ4v) is 4.06. The van der Waals surface area contributed by atoms with E-state index in [2.05, 4.69) is 20.1 Å². The van der Waals surface area contributed by atoms with Crippen LogP contribution in [-0.2, 0) is 11.2 Å². The zero-order valence-corrected chi connectivity index (χ0v) is 18.3. The third kappa shape index (κ3) is 5.17. The van der Waals surface area contributed by atoms with Gasteiger partial charge >= 0.3 is 0 Å². The van der Waals surface area contributed by atoms with E-state index in [1.165, 1.54) is 5.56 Å². The molecule has 1 amide bonds. The highest BCUT2D eigenvalue weighted by Crippen LogP contribution is 2.19. The highest BCUT2D eigenvalue weighted by Gasteiger charge is 2.24. The van der Waals surface area contributed by atoms with Crippen molar-refractivity contribution < 1.29 is 9.53 Å². The van der Waals surface area contributed by atoms with Crippen LogP contribution in [0.1, 0.15) is 18.9 Å². The van der Waals surface area contributed by atoms with Crippen molar-refractivity contribution >= 4 is 22.9 Å². The number of H-pyrrole nitrogens is 1. The van der Waals surface area contributed by atoms with E-state index in [-0.39, 0.29) is 11.9 Å². The summed E-state index contributed by atoms with van der Waals surface area (Å²) in [5.74, 6) is 1.85. The molecule has 1 unspecified atom stereocenters. The van der Waals surface area contributed by atoms with Gasteiger partial charge < -0.3 is 19.9 Å². The number of hydrogen-bond acceptors (Lipinski definition) is 5. The third-order valence-electron chi connectivity index (χ3n) is 6.01. The molecule has 31 heavy (non-hydrogen) atoms. The standard InChI is InChI=1S/C24H31N5O2/c1-18(23(30)25-13-12-19-8-10-20(31-2)11-9-19)28-14-5-15-29(17-16-28)24-26-21-6-3-4-7-22(21)27-24/h3-4,6-11,18H,5,12-17H2,1-2H3,(H,25,30)(H,26,27). The Morgan fingerprint density at radius 1 is 1.13 bits per heavy atom. The van der Waals surface area contributed by atoms with E-state index >= 15 is 0 Å². The number of hydrogen-bond donors (Lipinski definition) is 2. The van der Waals surface area contributed by atoms with Gasteiger partial charge in [-0.1, -0.05) is 24.3 Å². The van der Waals surface area contributed by atoms with Crippen molar-refractivity contribution in [3.05, 3.63) is 54.1 Å². The lowest BCUT2D eigenvalue weighted by molar-refractivity contribution is -0.125. The predicted octanol–water partition coefficient (Wildman–Crippen LogP) is 2.83.